The molecule has 0 fully saturated rings. The van der Waals surface area contributed by atoms with E-state index in [2.05, 4.69) is 16.0 Å². The van der Waals surface area contributed by atoms with Crippen LogP contribution in [0, 0.1) is 0 Å². The largest absolute Gasteiger partial charge is 0.482 e. The minimum atomic E-state index is -0.369. The second kappa shape index (κ2) is 9.86. The predicted molar refractivity (Wildman–Crippen MR) is 112 cm³/mol. The number of nitrogens with one attached hydrogen (secondary N) is 3. The highest BCUT2D eigenvalue weighted by atomic mass is 35.5. The Labute approximate surface area is 176 Å². The fourth-order valence-corrected chi connectivity index (χ4v) is 2.79. The Hall–Kier alpha value is -3.16. The summed E-state index contributed by atoms with van der Waals surface area (Å²) in [5.74, 6) is 0.666. The van der Waals surface area contributed by atoms with Gasteiger partial charge in [0.25, 0.3) is 5.91 Å². The standard InChI is InChI=1S/C20H17Cl2N3O4/c21-13-3-8-18(17(22)10-13)29-12-19(26)24-14-4-6-15(7-5-14)25-20(27)23-11-16-2-1-9-28-16/h1-10H,11-12H2,(H,24,26)(H2,23,25,27). The van der Waals surface area contributed by atoms with Crippen LogP contribution in [0.15, 0.2) is 65.3 Å². The summed E-state index contributed by atoms with van der Waals surface area (Å²) in [6.45, 7) is 0.0706. The predicted octanol–water partition coefficient (Wildman–Crippen LogP) is 4.93. The van der Waals surface area contributed by atoms with Gasteiger partial charge < -0.3 is 25.1 Å². The number of rotatable bonds is 7. The maximum absolute atomic E-state index is 12.0. The molecule has 3 N–H and O–H groups in total. The van der Waals surface area contributed by atoms with Gasteiger partial charge in [0.05, 0.1) is 17.8 Å². The molecule has 0 aliphatic carbocycles. The number of anilines is 2. The third kappa shape index (κ3) is 6.44. The van der Waals surface area contributed by atoms with Gasteiger partial charge in [0.15, 0.2) is 6.61 Å². The molecule has 3 amide bonds. The average Bonchev–Trinajstić information content (AvgIpc) is 3.21. The van der Waals surface area contributed by atoms with E-state index in [4.69, 9.17) is 32.4 Å². The molecule has 0 aliphatic rings. The molecule has 7 nitrogen and oxygen atoms in total. The highest BCUT2D eigenvalue weighted by Gasteiger charge is 2.08. The summed E-state index contributed by atoms with van der Waals surface area (Å²) in [5.41, 5.74) is 1.13. The van der Waals surface area contributed by atoms with Crippen LogP contribution in [0.3, 0.4) is 0 Å². The summed E-state index contributed by atoms with van der Waals surface area (Å²) >= 11 is 11.8. The molecule has 0 bridgehead atoms. The summed E-state index contributed by atoms with van der Waals surface area (Å²) in [6.07, 6.45) is 1.54. The van der Waals surface area contributed by atoms with Crippen molar-refractivity contribution in [3.63, 3.8) is 0 Å². The van der Waals surface area contributed by atoms with Crippen LogP contribution in [0.2, 0.25) is 10.0 Å². The average molecular weight is 434 g/mol. The van der Waals surface area contributed by atoms with Crippen molar-refractivity contribution >= 4 is 46.5 Å². The molecule has 0 saturated heterocycles. The van der Waals surface area contributed by atoms with Gasteiger partial charge in [0.2, 0.25) is 0 Å². The van der Waals surface area contributed by atoms with Crippen molar-refractivity contribution in [2.24, 2.45) is 0 Å². The van der Waals surface area contributed by atoms with Crippen LogP contribution in [0.5, 0.6) is 5.75 Å². The lowest BCUT2D eigenvalue weighted by atomic mass is 10.3. The van der Waals surface area contributed by atoms with Gasteiger partial charge in [-0.1, -0.05) is 23.2 Å². The van der Waals surface area contributed by atoms with Crippen LogP contribution in [0.25, 0.3) is 0 Å². The first kappa shape index (κ1) is 20.6. The maximum Gasteiger partial charge on any atom is 0.319 e. The first-order chi connectivity index (χ1) is 14.0. The normalized spacial score (nSPS) is 10.3. The molecule has 150 valence electrons. The summed E-state index contributed by atoms with van der Waals surface area (Å²) < 4.78 is 10.5. The number of urea groups is 1. The fourth-order valence-electron chi connectivity index (χ4n) is 2.33. The number of hydrogen-bond acceptors (Lipinski definition) is 4. The molecular formula is C20H17Cl2N3O4. The molecule has 0 unspecified atom stereocenters. The zero-order valence-corrected chi connectivity index (χ0v) is 16.6. The second-order valence-electron chi connectivity index (χ2n) is 5.88. The third-order valence-corrected chi connectivity index (χ3v) is 4.21. The molecular weight excluding hydrogens is 417 g/mol. The first-order valence-electron chi connectivity index (χ1n) is 8.54. The maximum atomic E-state index is 12.0. The van der Waals surface area contributed by atoms with E-state index in [9.17, 15) is 9.59 Å². The van der Waals surface area contributed by atoms with E-state index < -0.39 is 0 Å². The second-order valence-corrected chi connectivity index (χ2v) is 6.72. The number of ether oxygens (including phenoxy) is 1. The smallest absolute Gasteiger partial charge is 0.319 e. The van der Waals surface area contributed by atoms with Crippen molar-refractivity contribution < 1.29 is 18.7 Å². The molecule has 3 aromatic rings. The molecule has 1 heterocycles. The van der Waals surface area contributed by atoms with Crippen molar-refractivity contribution in [1.82, 2.24) is 5.32 Å². The molecule has 3 rings (SSSR count). The summed E-state index contributed by atoms with van der Waals surface area (Å²) in [6, 6.07) is 14.5. The van der Waals surface area contributed by atoms with Crippen LogP contribution in [0.1, 0.15) is 5.76 Å². The Bertz CT molecular complexity index is 976. The molecule has 0 radical (unpaired) electrons. The minimum Gasteiger partial charge on any atom is -0.482 e. The number of furan rings is 1. The van der Waals surface area contributed by atoms with Crippen molar-refractivity contribution in [2.45, 2.75) is 6.54 Å². The third-order valence-electron chi connectivity index (χ3n) is 3.68. The molecule has 0 spiro atoms. The van der Waals surface area contributed by atoms with E-state index in [0.29, 0.717) is 32.9 Å². The Morgan fingerprint density at radius 3 is 2.34 bits per heavy atom. The lowest BCUT2D eigenvalue weighted by Crippen LogP contribution is -2.28. The molecule has 9 heteroatoms. The van der Waals surface area contributed by atoms with E-state index in [1.54, 1.807) is 48.5 Å². The number of benzene rings is 2. The molecule has 0 atom stereocenters. The van der Waals surface area contributed by atoms with Crippen molar-refractivity contribution in [2.75, 3.05) is 17.2 Å². The van der Waals surface area contributed by atoms with Crippen LogP contribution < -0.4 is 20.7 Å². The van der Waals surface area contributed by atoms with Crippen LogP contribution in [-0.4, -0.2) is 18.5 Å². The first-order valence-corrected chi connectivity index (χ1v) is 9.30. The molecule has 0 saturated carbocycles. The van der Waals surface area contributed by atoms with E-state index in [1.165, 1.54) is 12.3 Å². The van der Waals surface area contributed by atoms with Gasteiger partial charge in [0, 0.05) is 16.4 Å². The van der Waals surface area contributed by atoms with Crippen LogP contribution in [0.4, 0.5) is 16.2 Å². The van der Waals surface area contributed by atoms with Crippen molar-refractivity contribution in [3.8, 4) is 5.75 Å². The van der Waals surface area contributed by atoms with Crippen molar-refractivity contribution in [3.05, 3.63) is 76.7 Å². The van der Waals surface area contributed by atoms with Gasteiger partial charge in [-0.05, 0) is 54.6 Å². The summed E-state index contributed by atoms with van der Waals surface area (Å²) in [7, 11) is 0. The van der Waals surface area contributed by atoms with Gasteiger partial charge >= 0.3 is 6.03 Å². The Morgan fingerprint density at radius 2 is 1.69 bits per heavy atom. The summed E-state index contributed by atoms with van der Waals surface area (Å²) in [5, 5.41) is 8.86. The van der Waals surface area contributed by atoms with Gasteiger partial charge in [-0.2, -0.15) is 0 Å². The highest BCUT2D eigenvalue weighted by Crippen LogP contribution is 2.27. The van der Waals surface area contributed by atoms with E-state index >= 15 is 0 Å². The molecule has 0 aliphatic heterocycles. The fraction of sp³-hybridized carbons (Fsp3) is 0.100. The monoisotopic (exact) mass is 433 g/mol. The number of carbonyl (C=O) groups excluding carboxylic acids is 2. The van der Waals surface area contributed by atoms with Gasteiger partial charge in [-0.15, -0.1) is 0 Å². The van der Waals surface area contributed by atoms with Crippen molar-refractivity contribution in [1.29, 1.82) is 0 Å². The van der Waals surface area contributed by atoms with Crippen LogP contribution in [-0.2, 0) is 11.3 Å². The molecule has 2 aromatic carbocycles. The highest BCUT2D eigenvalue weighted by molar-refractivity contribution is 6.35. The SMILES string of the molecule is O=C(COc1ccc(Cl)cc1Cl)Nc1ccc(NC(=O)NCc2ccco2)cc1. The minimum absolute atomic E-state index is 0.212. The quantitative estimate of drug-likeness (QED) is 0.492. The zero-order valence-electron chi connectivity index (χ0n) is 15.1. The Balaban J connectivity index is 1.44. The topological polar surface area (TPSA) is 92.6 Å². The lowest BCUT2D eigenvalue weighted by molar-refractivity contribution is -0.118. The number of halogens is 2. The molecule has 1 aromatic heterocycles. The Morgan fingerprint density at radius 1 is 0.966 bits per heavy atom. The van der Waals surface area contributed by atoms with Gasteiger partial charge in [0.1, 0.15) is 11.5 Å². The lowest BCUT2D eigenvalue weighted by Gasteiger charge is -2.10. The number of amides is 3. The van der Waals surface area contributed by atoms with Gasteiger partial charge in [-0.3, -0.25) is 4.79 Å². The van der Waals surface area contributed by atoms with Crippen LogP contribution >= 0.6 is 23.2 Å². The zero-order chi connectivity index (χ0) is 20.6. The van der Waals surface area contributed by atoms with E-state index in [0.717, 1.165) is 0 Å². The van der Waals surface area contributed by atoms with E-state index in [1.807, 2.05) is 0 Å². The number of carbonyl (C=O) groups is 2. The van der Waals surface area contributed by atoms with Gasteiger partial charge in [-0.25, -0.2) is 4.79 Å². The summed E-state index contributed by atoms with van der Waals surface area (Å²) in [4.78, 5) is 23.9. The van der Waals surface area contributed by atoms with E-state index in [-0.39, 0.29) is 25.1 Å². The molecule has 29 heavy (non-hydrogen) atoms. The Kier molecular flexibility index (Phi) is 6.99. The number of hydrogen-bond donors (Lipinski definition) is 3.